The Kier molecular flexibility index (Phi) is 6.81. The van der Waals surface area contributed by atoms with E-state index in [-0.39, 0.29) is 12.7 Å². The van der Waals surface area contributed by atoms with Gasteiger partial charge in [0, 0.05) is 44.4 Å². The van der Waals surface area contributed by atoms with Crippen LogP contribution in [0.3, 0.4) is 0 Å². The minimum absolute atomic E-state index is 0.0483. The number of benzene rings is 3. The van der Waals surface area contributed by atoms with E-state index in [4.69, 9.17) is 24.0 Å². The largest absolute Gasteiger partial charge is 0.497 e. The highest BCUT2D eigenvalue weighted by molar-refractivity contribution is 5.94. The molecule has 0 unspecified atom stereocenters. The lowest BCUT2D eigenvalue weighted by atomic mass is 10.1. The first-order valence-corrected chi connectivity index (χ1v) is 12.9. The first-order chi connectivity index (χ1) is 19.1. The van der Waals surface area contributed by atoms with Crippen LogP contribution < -0.4 is 18.9 Å². The van der Waals surface area contributed by atoms with E-state index in [1.54, 1.807) is 18.9 Å². The Labute approximate surface area is 227 Å². The molecule has 0 saturated carbocycles. The fraction of sp³-hybridized carbons (Fsp3) is 0.267. The number of amides is 1. The fourth-order valence-electron chi connectivity index (χ4n) is 5.01. The average Bonchev–Trinajstić information content (AvgIpc) is 3.65. The molecule has 9 nitrogen and oxygen atoms in total. The Balaban J connectivity index is 1.22. The van der Waals surface area contributed by atoms with Crippen molar-refractivity contribution >= 4 is 5.91 Å². The highest BCUT2D eigenvalue weighted by atomic mass is 16.7. The number of rotatable bonds is 7. The number of aromatic nitrogens is 2. The van der Waals surface area contributed by atoms with Crippen LogP contribution in [-0.4, -0.2) is 72.7 Å². The summed E-state index contributed by atoms with van der Waals surface area (Å²) in [6.45, 7) is 3.88. The third kappa shape index (κ3) is 5.00. The van der Waals surface area contributed by atoms with Gasteiger partial charge >= 0.3 is 0 Å². The Morgan fingerprint density at radius 1 is 0.872 bits per heavy atom. The highest BCUT2D eigenvalue weighted by Crippen LogP contribution is 2.34. The topological polar surface area (TPSA) is 78.3 Å². The second kappa shape index (κ2) is 10.7. The van der Waals surface area contributed by atoms with Crippen LogP contribution >= 0.6 is 0 Å². The van der Waals surface area contributed by atoms with Crippen molar-refractivity contribution in [3.8, 4) is 39.9 Å². The van der Waals surface area contributed by atoms with E-state index >= 15 is 0 Å². The van der Waals surface area contributed by atoms with Crippen molar-refractivity contribution in [3.05, 3.63) is 84.1 Å². The van der Waals surface area contributed by atoms with Crippen LogP contribution in [-0.2, 0) is 6.54 Å². The standard InChI is InChI=1S/C30H30N4O5/c1-36-23-9-10-24(28(17-23)37-2)25-18-26(34(31-25)22-6-4-3-5-7-22)30(35)33-14-12-32(13-15-33)19-21-8-11-27-29(16-21)39-20-38-27/h3-11,16-18H,12-15,19-20H2,1-2H3. The molecular weight excluding hydrogens is 496 g/mol. The van der Waals surface area contributed by atoms with Gasteiger partial charge in [-0.25, -0.2) is 4.68 Å². The number of carbonyl (C=O) groups excluding carboxylic acids is 1. The third-order valence-corrected chi connectivity index (χ3v) is 7.12. The zero-order valence-corrected chi connectivity index (χ0v) is 22.0. The molecule has 0 atom stereocenters. The molecule has 3 heterocycles. The van der Waals surface area contributed by atoms with Crippen molar-refractivity contribution in [3.63, 3.8) is 0 Å². The van der Waals surface area contributed by atoms with Crippen LogP contribution in [0.15, 0.2) is 72.8 Å². The molecule has 0 aliphatic carbocycles. The van der Waals surface area contributed by atoms with Crippen LogP contribution in [0.5, 0.6) is 23.0 Å². The molecule has 6 rings (SSSR count). The molecule has 0 radical (unpaired) electrons. The van der Waals surface area contributed by atoms with E-state index in [0.29, 0.717) is 36.0 Å². The smallest absolute Gasteiger partial charge is 0.272 e. The van der Waals surface area contributed by atoms with Crippen LogP contribution in [0.1, 0.15) is 16.1 Å². The molecule has 9 heteroatoms. The van der Waals surface area contributed by atoms with Crippen molar-refractivity contribution in [2.75, 3.05) is 47.2 Å². The minimum atomic E-state index is -0.0483. The number of para-hydroxylation sites is 1. The molecule has 1 amide bonds. The molecular formula is C30H30N4O5. The van der Waals surface area contributed by atoms with Crippen molar-refractivity contribution in [2.45, 2.75) is 6.54 Å². The lowest BCUT2D eigenvalue weighted by Gasteiger charge is -2.34. The number of nitrogens with zero attached hydrogens (tertiary/aromatic N) is 4. The van der Waals surface area contributed by atoms with Gasteiger partial charge in [-0.2, -0.15) is 5.10 Å². The molecule has 200 valence electrons. The summed E-state index contributed by atoms with van der Waals surface area (Å²) in [6.07, 6.45) is 0. The lowest BCUT2D eigenvalue weighted by Crippen LogP contribution is -2.48. The average molecular weight is 527 g/mol. The van der Waals surface area contributed by atoms with Gasteiger partial charge < -0.3 is 23.8 Å². The summed E-state index contributed by atoms with van der Waals surface area (Å²) in [6, 6.07) is 23.2. The van der Waals surface area contributed by atoms with Gasteiger partial charge in [-0.3, -0.25) is 9.69 Å². The van der Waals surface area contributed by atoms with Gasteiger partial charge in [-0.05, 0) is 48.0 Å². The molecule has 0 bridgehead atoms. The maximum atomic E-state index is 13.9. The molecule has 0 spiro atoms. The monoisotopic (exact) mass is 526 g/mol. The molecule has 2 aliphatic heterocycles. The van der Waals surface area contributed by atoms with Crippen LogP contribution in [0.4, 0.5) is 0 Å². The maximum absolute atomic E-state index is 13.9. The Morgan fingerprint density at radius 2 is 1.67 bits per heavy atom. The van der Waals surface area contributed by atoms with Crippen molar-refractivity contribution in [1.29, 1.82) is 0 Å². The molecule has 1 fully saturated rings. The summed E-state index contributed by atoms with van der Waals surface area (Å²) in [4.78, 5) is 18.1. The molecule has 0 N–H and O–H groups in total. The summed E-state index contributed by atoms with van der Waals surface area (Å²) in [5.74, 6) is 2.85. The zero-order chi connectivity index (χ0) is 26.8. The van der Waals surface area contributed by atoms with Gasteiger partial charge in [0.05, 0.1) is 25.6 Å². The molecule has 2 aliphatic rings. The lowest BCUT2D eigenvalue weighted by molar-refractivity contribution is 0.0619. The number of hydrogen-bond donors (Lipinski definition) is 0. The van der Waals surface area contributed by atoms with Gasteiger partial charge in [0.15, 0.2) is 11.5 Å². The first kappa shape index (κ1) is 24.8. The van der Waals surface area contributed by atoms with E-state index in [1.807, 2.05) is 71.6 Å². The van der Waals surface area contributed by atoms with Gasteiger partial charge in [0.25, 0.3) is 5.91 Å². The van der Waals surface area contributed by atoms with Gasteiger partial charge in [0.1, 0.15) is 17.2 Å². The molecule has 39 heavy (non-hydrogen) atoms. The number of hydrogen-bond acceptors (Lipinski definition) is 7. The van der Waals surface area contributed by atoms with Crippen molar-refractivity contribution < 1.29 is 23.7 Å². The predicted octanol–water partition coefficient (Wildman–Crippen LogP) is 4.24. The number of carbonyl (C=O) groups is 1. The maximum Gasteiger partial charge on any atom is 0.272 e. The van der Waals surface area contributed by atoms with Crippen molar-refractivity contribution in [2.24, 2.45) is 0 Å². The molecule has 4 aromatic rings. The van der Waals surface area contributed by atoms with Crippen LogP contribution in [0, 0.1) is 0 Å². The number of fused-ring (bicyclic) bond motifs is 1. The summed E-state index contributed by atoms with van der Waals surface area (Å²) < 4.78 is 23.6. The minimum Gasteiger partial charge on any atom is -0.497 e. The van der Waals surface area contributed by atoms with Crippen molar-refractivity contribution in [1.82, 2.24) is 19.6 Å². The number of ether oxygens (including phenoxy) is 4. The first-order valence-electron chi connectivity index (χ1n) is 12.9. The summed E-state index contributed by atoms with van der Waals surface area (Å²) in [7, 11) is 3.23. The summed E-state index contributed by atoms with van der Waals surface area (Å²) >= 11 is 0. The number of methoxy groups -OCH3 is 2. The zero-order valence-electron chi connectivity index (χ0n) is 22.0. The quantitative estimate of drug-likeness (QED) is 0.356. The Hall–Kier alpha value is -4.50. The second-order valence-electron chi connectivity index (χ2n) is 9.48. The van der Waals surface area contributed by atoms with Crippen LogP contribution in [0.25, 0.3) is 16.9 Å². The van der Waals surface area contributed by atoms with E-state index in [0.717, 1.165) is 42.4 Å². The normalized spacial score (nSPS) is 14.9. The molecule has 1 saturated heterocycles. The van der Waals surface area contributed by atoms with Crippen LogP contribution in [0.2, 0.25) is 0 Å². The number of piperazine rings is 1. The molecule has 1 aromatic heterocycles. The summed E-state index contributed by atoms with van der Waals surface area (Å²) in [5, 5.41) is 4.85. The van der Waals surface area contributed by atoms with E-state index in [9.17, 15) is 4.79 Å². The van der Waals surface area contributed by atoms with Gasteiger partial charge in [-0.15, -0.1) is 0 Å². The van der Waals surface area contributed by atoms with E-state index in [1.165, 1.54) is 5.56 Å². The van der Waals surface area contributed by atoms with E-state index in [2.05, 4.69) is 11.0 Å². The second-order valence-corrected chi connectivity index (χ2v) is 9.48. The molecule has 3 aromatic carbocycles. The van der Waals surface area contributed by atoms with Gasteiger partial charge in [0.2, 0.25) is 6.79 Å². The van der Waals surface area contributed by atoms with Gasteiger partial charge in [-0.1, -0.05) is 24.3 Å². The Bertz CT molecular complexity index is 1480. The fourth-order valence-corrected chi connectivity index (χ4v) is 5.01. The third-order valence-electron chi connectivity index (χ3n) is 7.12. The SMILES string of the molecule is COc1ccc(-c2cc(C(=O)N3CCN(Cc4ccc5c(c4)OCO5)CC3)n(-c3ccccc3)n2)c(OC)c1. The Morgan fingerprint density at radius 3 is 2.44 bits per heavy atom. The predicted molar refractivity (Wildman–Crippen MR) is 146 cm³/mol. The van der Waals surface area contributed by atoms with E-state index < -0.39 is 0 Å². The summed E-state index contributed by atoms with van der Waals surface area (Å²) in [5.41, 5.74) is 3.94. The highest BCUT2D eigenvalue weighted by Gasteiger charge is 2.27.